The van der Waals surface area contributed by atoms with Crippen LogP contribution in [0.1, 0.15) is 15.9 Å². The lowest BCUT2D eigenvalue weighted by Gasteiger charge is -2.08. The molecule has 1 aliphatic rings. The van der Waals surface area contributed by atoms with E-state index in [2.05, 4.69) is 9.46 Å². The number of fused-ring (bicyclic) bond motifs is 1. The number of phenolic OH excluding ortho intramolecular Hbond substituents is 1. The third-order valence-electron chi connectivity index (χ3n) is 4.48. The van der Waals surface area contributed by atoms with Crippen LogP contribution in [0.2, 0.25) is 0 Å². The van der Waals surface area contributed by atoms with E-state index in [0.717, 1.165) is 39.5 Å². The van der Waals surface area contributed by atoms with Crippen molar-refractivity contribution in [1.29, 1.82) is 0 Å². The van der Waals surface area contributed by atoms with Crippen molar-refractivity contribution in [1.82, 2.24) is 0 Å². The number of esters is 1. The Morgan fingerprint density at radius 1 is 1.17 bits per heavy atom. The monoisotopic (exact) mass is 431 g/mol. The zero-order valence-corrected chi connectivity index (χ0v) is 17.0. The highest BCUT2D eigenvalue weighted by Crippen LogP contribution is 2.36. The third-order valence-corrected chi connectivity index (χ3v) is 7.48. The number of phenols is 1. The van der Waals surface area contributed by atoms with Gasteiger partial charge in [0, 0.05) is 17.4 Å². The minimum absolute atomic E-state index is 0.0468. The second kappa shape index (κ2) is 7.41. The first kappa shape index (κ1) is 19.3. The van der Waals surface area contributed by atoms with E-state index in [0.29, 0.717) is 6.61 Å². The molecule has 1 aliphatic heterocycles. The molecule has 0 saturated heterocycles. The largest absolute Gasteiger partial charge is 0.507 e. The molecule has 29 heavy (non-hydrogen) atoms. The molecule has 0 unspecified atom stereocenters. The standard InChI is InChI=1S/C20H17NO6S2/c1-26-20(23)15-4-3-14(11-16(15)22)21-29(24,25)19-7-6-18(28-19)13-2-5-17-12(10-13)8-9-27-17/h2-7,10-11,21-22H,8-9H2,1H3. The summed E-state index contributed by atoms with van der Waals surface area (Å²) in [4.78, 5) is 12.4. The molecule has 0 fully saturated rings. The lowest BCUT2D eigenvalue weighted by molar-refractivity contribution is 0.0597. The highest BCUT2D eigenvalue weighted by Gasteiger charge is 2.20. The van der Waals surface area contributed by atoms with Gasteiger partial charge in [0.2, 0.25) is 0 Å². The molecule has 0 aliphatic carbocycles. The van der Waals surface area contributed by atoms with E-state index in [9.17, 15) is 18.3 Å². The van der Waals surface area contributed by atoms with Gasteiger partial charge in [-0.1, -0.05) is 0 Å². The van der Waals surface area contributed by atoms with Gasteiger partial charge in [-0.05, 0) is 53.6 Å². The number of rotatable bonds is 5. The molecule has 4 rings (SSSR count). The Morgan fingerprint density at radius 3 is 2.76 bits per heavy atom. The SMILES string of the molecule is COC(=O)c1ccc(NS(=O)(=O)c2ccc(-c3ccc4c(c3)CCO4)s2)cc1O. The normalized spacial score (nSPS) is 12.9. The van der Waals surface area contributed by atoms with Crippen LogP contribution in [-0.2, 0) is 21.2 Å². The zero-order chi connectivity index (χ0) is 20.6. The highest BCUT2D eigenvalue weighted by atomic mass is 32.2. The number of anilines is 1. The van der Waals surface area contributed by atoms with Crippen LogP contribution >= 0.6 is 11.3 Å². The van der Waals surface area contributed by atoms with Crippen LogP contribution in [0, 0.1) is 0 Å². The summed E-state index contributed by atoms with van der Waals surface area (Å²) in [5.41, 5.74) is 2.13. The molecule has 0 amide bonds. The van der Waals surface area contributed by atoms with Crippen LogP contribution in [0.25, 0.3) is 10.4 Å². The molecular weight excluding hydrogens is 414 g/mol. The molecule has 0 saturated carbocycles. The number of nitrogens with one attached hydrogen (secondary N) is 1. The van der Waals surface area contributed by atoms with Crippen molar-refractivity contribution >= 4 is 33.0 Å². The Labute approximate surface area is 171 Å². The number of sulfonamides is 1. The van der Waals surface area contributed by atoms with Gasteiger partial charge in [-0.25, -0.2) is 13.2 Å². The van der Waals surface area contributed by atoms with E-state index >= 15 is 0 Å². The number of carbonyl (C=O) groups excluding carboxylic acids is 1. The number of hydrogen-bond acceptors (Lipinski definition) is 7. The number of methoxy groups -OCH3 is 1. The minimum Gasteiger partial charge on any atom is -0.507 e. The fourth-order valence-corrected chi connectivity index (χ4v) is 5.39. The van der Waals surface area contributed by atoms with E-state index < -0.39 is 16.0 Å². The number of thiophene rings is 1. The predicted molar refractivity (Wildman–Crippen MR) is 109 cm³/mol. The molecule has 2 heterocycles. The lowest BCUT2D eigenvalue weighted by Crippen LogP contribution is -2.11. The summed E-state index contributed by atoms with van der Waals surface area (Å²) in [6.45, 7) is 0.661. The molecule has 7 nitrogen and oxygen atoms in total. The quantitative estimate of drug-likeness (QED) is 0.598. The molecule has 2 aromatic carbocycles. The van der Waals surface area contributed by atoms with Crippen LogP contribution in [0.5, 0.6) is 11.5 Å². The van der Waals surface area contributed by atoms with Crippen LogP contribution in [0.3, 0.4) is 0 Å². The van der Waals surface area contributed by atoms with Crippen molar-refractivity contribution in [2.45, 2.75) is 10.6 Å². The Morgan fingerprint density at radius 2 is 2.00 bits per heavy atom. The summed E-state index contributed by atoms with van der Waals surface area (Å²) in [5.74, 6) is -0.209. The van der Waals surface area contributed by atoms with Gasteiger partial charge in [0.1, 0.15) is 21.3 Å². The molecule has 0 atom stereocenters. The summed E-state index contributed by atoms with van der Waals surface area (Å²) in [6.07, 6.45) is 0.840. The fourth-order valence-electron chi connectivity index (χ4n) is 3.04. The van der Waals surface area contributed by atoms with Crippen molar-refractivity contribution in [3.05, 3.63) is 59.7 Å². The molecule has 2 N–H and O–H groups in total. The maximum atomic E-state index is 12.7. The maximum absolute atomic E-state index is 12.7. The third kappa shape index (κ3) is 3.79. The summed E-state index contributed by atoms with van der Waals surface area (Å²) in [5, 5.41) is 9.95. The van der Waals surface area contributed by atoms with E-state index in [1.54, 1.807) is 6.07 Å². The maximum Gasteiger partial charge on any atom is 0.341 e. The van der Waals surface area contributed by atoms with Crippen molar-refractivity contribution in [3.8, 4) is 21.9 Å². The van der Waals surface area contributed by atoms with Crippen molar-refractivity contribution in [3.63, 3.8) is 0 Å². The fraction of sp³-hybridized carbons (Fsp3) is 0.150. The topological polar surface area (TPSA) is 102 Å². The van der Waals surface area contributed by atoms with Gasteiger partial charge in [0.25, 0.3) is 10.0 Å². The predicted octanol–water partition coefficient (Wildman–Crippen LogP) is 3.64. The summed E-state index contributed by atoms with van der Waals surface area (Å²) < 4.78 is 38.1. The Hall–Kier alpha value is -3.04. The van der Waals surface area contributed by atoms with Crippen molar-refractivity contribution in [2.24, 2.45) is 0 Å². The smallest absolute Gasteiger partial charge is 0.341 e. The number of benzene rings is 2. The van der Waals surface area contributed by atoms with Crippen LogP contribution in [-0.4, -0.2) is 33.2 Å². The van der Waals surface area contributed by atoms with Gasteiger partial charge in [-0.15, -0.1) is 11.3 Å². The Kier molecular flexibility index (Phi) is 4.93. The van der Waals surface area contributed by atoms with E-state index in [4.69, 9.17) is 4.74 Å². The number of ether oxygens (including phenoxy) is 2. The van der Waals surface area contributed by atoms with Gasteiger partial charge < -0.3 is 14.6 Å². The van der Waals surface area contributed by atoms with E-state index in [-0.39, 0.29) is 21.2 Å². The average Bonchev–Trinajstić information content (AvgIpc) is 3.36. The summed E-state index contributed by atoms with van der Waals surface area (Å²) in [6, 6.07) is 13.0. The Balaban J connectivity index is 1.57. The van der Waals surface area contributed by atoms with Gasteiger partial charge in [-0.3, -0.25) is 4.72 Å². The first-order valence-electron chi connectivity index (χ1n) is 8.67. The minimum atomic E-state index is -3.85. The molecule has 0 bridgehead atoms. The number of carbonyl (C=O) groups is 1. The Bertz CT molecular complexity index is 1200. The highest BCUT2D eigenvalue weighted by molar-refractivity contribution is 7.94. The lowest BCUT2D eigenvalue weighted by atomic mass is 10.1. The van der Waals surface area contributed by atoms with Crippen LogP contribution < -0.4 is 9.46 Å². The first-order valence-corrected chi connectivity index (χ1v) is 11.0. The van der Waals surface area contributed by atoms with Crippen LogP contribution in [0.15, 0.2) is 52.7 Å². The van der Waals surface area contributed by atoms with Gasteiger partial charge in [0.05, 0.1) is 19.4 Å². The zero-order valence-electron chi connectivity index (χ0n) is 15.3. The van der Waals surface area contributed by atoms with Gasteiger partial charge in [0.15, 0.2) is 0 Å². The molecule has 9 heteroatoms. The van der Waals surface area contributed by atoms with E-state index in [1.165, 1.54) is 31.4 Å². The molecule has 150 valence electrons. The van der Waals surface area contributed by atoms with Gasteiger partial charge in [-0.2, -0.15) is 0 Å². The summed E-state index contributed by atoms with van der Waals surface area (Å²) >= 11 is 1.15. The van der Waals surface area contributed by atoms with Crippen molar-refractivity contribution in [2.75, 3.05) is 18.4 Å². The summed E-state index contributed by atoms with van der Waals surface area (Å²) in [7, 11) is -2.66. The molecule has 0 radical (unpaired) electrons. The average molecular weight is 431 g/mol. The van der Waals surface area contributed by atoms with Gasteiger partial charge >= 0.3 is 5.97 Å². The first-order chi connectivity index (χ1) is 13.9. The van der Waals surface area contributed by atoms with Crippen LogP contribution in [0.4, 0.5) is 5.69 Å². The van der Waals surface area contributed by atoms with Crippen molar-refractivity contribution < 1.29 is 27.8 Å². The number of aromatic hydroxyl groups is 1. The number of hydrogen-bond donors (Lipinski definition) is 2. The molecule has 0 spiro atoms. The second-order valence-corrected chi connectivity index (χ2v) is 9.36. The molecule has 1 aromatic heterocycles. The van der Waals surface area contributed by atoms with E-state index in [1.807, 2.05) is 18.2 Å². The molecular formula is C20H17NO6S2. The molecule has 3 aromatic rings. The second-order valence-electron chi connectivity index (χ2n) is 6.37.